The molecule has 5 nitrogen and oxygen atoms in total. The predicted molar refractivity (Wildman–Crippen MR) is 89.4 cm³/mol. The Labute approximate surface area is 131 Å². The Morgan fingerprint density at radius 1 is 1.23 bits per heavy atom. The Kier molecular flexibility index (Phi) is 4.95. The van der Waals surface area contributed by atoms with Crippen molar-refractivity contribution in [2.75, 3.05) is 0 Å². The van der Waals surface area contributed by atoms with Crippen molar-refractivity contribution in [2.24, 2.45) is 21.2 Å². The van der Waals surface area contributed by atoms with E-state index < -0.39 is 21.9 Å². The van der Waals surface area contributed by atoms with Gasteiger partial charge in [0.15, 0.2) is 0 Å². The minimum atomic E-state index is -3.29. The number of carbonyl (C=O) groups is 1. The first kappa shape index (κ1) is 16.6. The number of carbonyl (C=O) groups excluding carboxylic acids is 1. The lowest BCUT2D eigenvalue weighted by atomic mass is 10.00. The van der Waals surface area contributed by atoms with Crippen molar-refractivity contribution in [1.82, 2.24) is 0 Å². The van der Waals surface area contributed by atoms with Gasteiger partial charge in [-0.2, -0.15) is 0 Å². The molecule has 0 aliphatic carbocycles. The topological polar surface area (TPSA) is 98.5 Å². The Balaban J connectivity index is 2.41. The highest BCUT2D eigenvalue weighted by atomic mass is 32.2. The fourth-order valence-electron chi connectivity index (χ4n) is 2.09. The minimum Gasteiger partial charge on any atom is -0.320 e. The highest BCUT2D eigenvalue weighted by molar-refractivity contribution is 7.91. The molecule has 4 N–H and O–H groups in total. The van der Waals surface area contributed by atoms with Gasteiger partial charge in [-0.15, -0.1) is 4.36 Å². The number of rotatable bonds is 4. The number of nitrogens with two attached hydrogens (primary N) is 2. The molecule has 0 spiro atoms. The molecular formula is C16H21N3O2S. The van der Waals surface area contributed by atoms with E-state index in [-0.39, 0.29) is 5.92 Å². The Morgan fingerprint density at radius 3 is 2.50 bits per heavy atom. The first-order valence-electron chi connectivity index (χ1n) is 7.18. The van der Waals surface area contributed by atoms with E-state index in [2.05, 4.69) is 4.36 Å². The first-order valence-corrected chi connectivity index (χ1v) is 8.76. The van der Waals surface area contributed by atoms with E-state index in [0.717, 1.165) is 17.2 Å². The average molecular weight is 319 g/mol. The van der Waals surface area contributed by atoms with Crippen LogP contribution in [0.15, 0.2) is 51.7 Å². The van der Waals surface area contributed by atoms with Gasteiger partial charge in [0.1, 0.15) is 9.92 Å². The van der Waals surface area contributed by atoms with Crippen LogP contribution >= 0.6 is 0 Å². The molecule has 0 aliphatic rings. The molecule has 0 aromatic heterocycles. The molecule has 1 amide bonds. The summed E-state index contributed by atoms with van der Waals surface area (Å²) in [5, 5.41) is 7.69. The van der Waals surface area contributed by atoms with E-state index in [1.54, 1.807) is 12.1 Å². The third-order valence-electron chi connectivity index (χ3n) is 3.83. The van der Waals surface area contributed by atoms with Crippen molar-refractivity contribution in [1.29, 1.82) is 0 Å². The highest BCUT2D eigenvalue weighted by Crippen LogP contribution is 2.19. The van der Waals surface area contributed by atoms with Gasteiger partial charge in [0.25, 0.3) is 5.91 Å². The standard InChI is InChI=1S/C16H21N3O2S/c1-3-11(2)15(17)16(20)19-22(18,21)14-9-8-12-6-4-5-7-13(12)10-14/h4-11,15H,3,17H2,1-2H3,(H2,18,19,20,21)/t11-,15-,22?/m0/s1. The second-order valence-corrected chi connectivity index (χ2v) is 7.21. The summed E-state index contributed by atoms with van der Waals surface area (Å²) >= 11 is 0. The molecule has 2 aromatic rings. The maximum absolute atomic E-state index is 12.6. The molecule has 0 saturated carbocycles. The fraction of sp³-hybridized carbons (Fsp3) is 0.312. The van der Waals surface area contributed by atoms with E-state index in [9.17, 15) is 9.00 Å². The van der Waals surface area contributed by atoms with E-state index in [4.69, 9.17) is 10.9 Å². The molecule has 0 radical (unpaired) electrons. The monoisotopic (exact) mass is 319 g/mol. The normalized spacial score (nSPS) is 16.7. The van der Waals surface area contributed by atoms with Crippen molar-refractivity contribution in [3.63, 3.8) is 0 Å². The number of benzene rings is 2. The molecule has 0 heterocycles. The zero-order valence-corrected chi connectivity index (χ0v) is 13.5. The average Bonchev–Trinajstić information content (AvgIpc) is 2.52. The second-order valence-electron chi connectivity index (χ2n) is 5.42. The molecular weight excluding hydrogens is 298 g/mol. The lowest BCUT2D eigenvalue weighted by Gasteiger charge is -2.14. The summed E-state index contributed by atoms with van der Waals surface area (Å²) < 4.78 is 16.3. The third-order valence-corrected chi connectivity index (χ3v) is 5.21. The van der Waals surface area contributed by atoms with Gasteiger partial charge < -0.3 is 5.73 Å². The van der Waals surface area contributed by atoms with Gasteiger partial charge in [0.05, 0.1) is 10.9 Å². The summed E-state index contributed by atoms with van der Waals surface area (Å²) in [6, 6.07) is 12.0. The van der Waals surface area contributed by atoms with Gasteiger partial charge in [0, 0.05) is 0 Å². The summed E-state index contributed by atoms with van der Waals surface area (Å²) in [5.74, 6) is -0.655. The van der Waals surface area contributed by atoms with E-state index in [0.29, 0.717) is 4.90 Å². The summed E-state index contributed by atoms with van der Waals surface area (Å²) in [5.41, 5.74) is 5.82. The molecule has 3 atom stereocenters. The van der Waals surface area contributed by atoms with Gasteiger partial charge in [-0.25, -0.2) is 9.35 Å². The SMILES string of the molecule is CC[C@H](C)[C@H](N)C(=O)N=S(N)(=O)c1ccc2ccccc2c1. The molecule has 0 aliphatic heterocycles. The van der Waals surface area contributed by atoms with Gasteiger partial charge in [-0.05, 0) is 28.8 Å². The van der Waals surface area contributed by atoms with Crippen LogP contribution < -0.4 is 10.9 Å². The van der Waals surface area contributed by atoms with Crippen molar-refractivity contribution in [3.8, 4) is 0 Å². The predicted octanol–water partition coefficient (Wildman–Crippen LogP) is 2.44. The molecule has 22 heavy (non-hydrogen) atoms. The first-order chi connectivity index (χ1) is 10.3. The van der Waals surface area contributed by atoms with Crippen LogP contribution in [0.5, 0.6) is 0 Å². The number of nitrogens with zero attached hydrogens (tertiary/aromatic N) is 1. The van der Waals surface area contributed by atoms with Crippen LogP contribution in [-0.4, -0.2) is 16.2 Å². The van der Waals surface area contributed by atoms with Crippen LogP contribution in [0.25, 0.3) is 10.8 Å². The highest BCUT2D eigenvalue weighted by Gasteiger charge is 2.21. The quantitative estimate of drug-likeness (QED) is 0.905. The molecule has 2 rings (SSSR count). The largest absolute Gasteiger partial charge is 0.320 e. The van der Waals surface area contributed by atoms with E-state index >= 15 is 0 Å². The molecule has 2 aromatic carbocycles. The van der Waals surface area contributed by atoms with Crippen molar-refractivity contribution in [2.45, 2.75) is 31.2 Å². The number of fused-ring (bicyclic) bond motifs is 1. The van der Waals surface area contributed by atoms with Gasteiger partial charge in [0.2, 0.25) is 0 Å². The molecule has 0 fully saturated rings. The number of amides is 1. The summed E-state index contributed by atoms with van der Waals surface area (Å²) in [6.07, 6.45) is 0.740. The Bertz CT molecular complexity index is 810. The molecule has 6 heteroatoms. The Hall–Kier alpha value is -1.76. The Morgan fingerprint density at radius 2 is 1.86 bits per heavy atom. The van der Waals surface area contributed by atoms with Gasteiger partial charge in [-0.1, -0.05) is 50.6 Å². The van der Waals surface area contributed by atoms with Crippen LogP contribution in [0, 0.1) is 5.92 Å². The van der Waals surface area contributed by atoms with Crippen LogP contribution in [0.3, 0.4) is 0 Å². The molecule has 0 bridgehead atoms. The van der Waals surface area contributed by atoms with Crippen molar-refractivity contribution < 1.29 is 9.00 Å². The van der Waals surface area contributed by atoms with Crippen LogP contribution in [0.4, 0.5) is 0 Å². The summed E-state index contributed by atoms with van der Waals surface area (Å²) in [7, 11) is -3.29. The number of hydrogen-bond acceptors (Lipinski definition) is 3. The molecule has 0 saturated heterocycles. The third kappa shape index (κ3) is 3.52. The van der Waals surface area contributed by atoms with Crippen LogP contribution in [0.2, 0.25) is 0 Å². The zero-order chi connectivity index (χ0) is 16.3. The zero-order valence-electron chi connectivity index (χ0n) is 12.7. The summed E-state index contributed by atoms with van der Waals surface area (Å²) in [4.78, 5) is 12.4. The smallest absolute Gasteiger partial charge is 0.272 e. The number of hydrogen-bond donors (Lipinski definition) is 2. The second kappa shape index (κ2) is 6.56. The fourth-order valence-corrected chi connectivity index (χ4v) is 3.15. The summed E-state index contributed by atoms with van der Waals surface area (Å²) in [6.45, 7) is 3.79. The molecule has 118 valence electrons. The van der Waals surface area contributed by atoms with Gasteiger partial charge >= 0.3 is 0 Å². The van der Waals surface area contributed by atoms with E-state index in [1.807, 2.05) is 44.2 Å². The van der Waals surface area contributed by atoms with Crippen LogP contribution in [0.1, 0.15) is 20.3 Å². The van der Waals surface area contributed by atoms with Crippen molar-refractivity contribution in [3.05, 3.63) is 42.5 Å². The lowest BCUT2D eigenvalue weighted by Crippen LogP contribution is -2.36. The maximum atomic E-state index is 12.6. The van der Waals surface area contributed by atoms with Gasteiger partial charge in [-0.3, -0.25) is 4.79 Å². The van der Waals surface area contributed by atoms with Crippen molar-refractivity contribution >= 4 is 26.6 Å². The van der Waals surface area contributed by atoms with E-state index in [1.165, 1.54) is 0 Å². The van der Waals surface area contributed by atoms with Crippen LogP contribution in [-0.2, 0) is 14.7 Å². The lowest BCUT2D eigenvalue weighted by molar-refractivity contribution is -0.119. The minimum absolute atomic E-state index is 0.0388. The molecule has 1 unspecified atom stereocenters. The maximum Gasteiger partial charge on any atom is 0.272 e.